The molecule has 0 atom stereocenters. The molecule has 2 aromatic carbocycles. The van der Waals surface area contributed by atoms with Gasteiger partial charge in [-0.25, -0.2) is 4.98 Å². The van der Waals surface area contributed by atoms with Gasteiger partial charge in [-0.1, -0.05) is 18.2 Å². The van der Waals surface area contributed by atoms with E-state index in [2.05, 4.69) is 9.97 Å². The van der Waals surface area contributed by atoms with Crippen LogP contribution in [0.2, 0.25) is 0 Å². The molecule has 2 aromatic heterocycles. The molecule has 0 saturated carbocycles. The van der Waals surface area contributed by atoms with Gasteiger partial charge in [0.25, 0.3) is 0 Å². The zero-order chi connectivity index (χ0) is 13.5. The molecule has 0 fully saturated rings. The molecule has 1 N–H and O–H groups in total. The third kappa shape index (κ3) is 1.66. The fraction of sp³-hybridized carbons (Fsp3) is 0.0625. The normalized spacial score (nSPS) is 11.2. The molecule has 4 rings (SSSR count). The number of rotatable bonds is 2. The molecule has 0 spiro atoms. The average molecular weight is 264 g/mol. The number of para-hydroxylation sites is 1. The van der Waals surface area contributed by atoms with Crippen molar-refractivity contribution in [2.45, 2.75) is 0 Å². The van der Waals surface area contributed by atoms with Crippen molar-refractivity contribution in [2.24, 2.45) is 0 Å². The fourth-order valence-corrected chi connectivity index (χ4v) is 2.33. The van der Waals surface area contributed by atoms with Crippen LogP contribution < -0.4 is 4.74 Å². The highest BCUT2D eigenvalue weighted by Crippen LogP contribution is 2.28. The van der Waals surface area contributed by atoms with Crippen LogP contribution in [0.25, 0.3) is 33.6 Å². The van der Waals surface area contributed by atoms with E-state index in [1.54, 1.807) is 7.11 Å². The molecule has 2 heterocycles. The van der Waals surface area contributed by atoms with Crippen molar-refractivity contribution in [2.75, 3.05) is 7.11 Å². The monoisotopic (exact) mass is 264 g/mol. The highest BCUT2D eigenvalue weighted by Gasteiger charge is 2.10. The van der Waals surface area contributed by atoms with E-state index in [0.717, 1.165) is 39.3 Å². The molecule has 0 radical (unpaired) electrons. The summed E-state index contributed by atoms with van der Waals surface area (Å²) < 4.78 is 11.0. The molecule has 0 aliphatic carbocycles. The Morgan fingerprint density at radius 1 is 1.10 bits per heavy atom. The summed E-state index contributed by atoms with van der Waals surface area (Å²) in [6.45, 7) is 0. The summed E-state index contributed by atoms with van der Waals surface area (Å²) in [5.74, 6) is 2.27. The first-order chi connectivity index (χ1) is 9.83. The molecule has 4 nitrogen and oxygen atoms in total. The minimum absolute atomic E-state index is 0.726. The standard InChI is InChI=1S/C16H12N2O2/c1-19-11-6-7-12-13(9-11)18-16(17-12)15-8-10-4-2-3-5-14(10)20-15/h2-9H,1H3,(H,17,18). The number of benzene rings is 2. The van der Waals surface area contributed by atoms with Crippen molar-refractivity contribution in [3.63, 3.8) is 0 Å². The molecule has 0 bridgehead atoms. The minimum atomic E-state index is 0.726. The van der Waals surface area contributed by atoms with Gasteiger partial charge in [0.15, 0.2) is 11.6 Å². The maximum Gasteiger partial charge on any atom is 0.174 e. The lowest BCUT2D eigenvalue weighted by molar-refractivity contribution is 0.415. The number of aromatic nitrogens is 2. The summed E-state index contributed by atoms with van der Waals surface area (Å²) in [6.07, 6.45) is 0. The lowest BCUT2D eigenvalue weighted by atomic mass is 10.2. The van der Waals surface area contributed by atoms with Crippen LogP contribution in [0.15, 0.2) is 52.9 Å². The first-order valence-corrected chi connectivity index (χ1v) is 6.36. The van der Waals surface area contributed by atoms with Crippen LogP contribution in [-0.4, -0.2) is 17.1 Å². The average Bonchev–Trinajstić information content (AvgIpc) is 3.09. The van der Waals surface area contributed by atoms with Crippen LogP contribution in [0.4, 0.5) is 0 Å². The van der Waals surface area contributed by atoms with Gasteiger partial charge in [0.05, 0.1) is 18.1 Å². The Bertz CT molecular complexity index is 872. The van der Waals surface area contributed by atoms with Gasteiger partial charge in [-0.2, -0.15) is 0 Å². The number of hydrogen-bond acceptors (Lipinski definition) is 3. The molecule has 0 saturated heterocycles. The van der Waals surface area contributed by atoms with Crippen LogP contribution >= 0.6 is 0 Å². The molecule has 20 heavy (non-hydrogen) atoms. The Hall–Kier alpha value is -2.75. The van der Waals surface area contributed by atoms with Crippen LogP contribution in [0.3, 0.4) is 0 Å². The smallest absolute Gasteiger partial charge is 0.174 e. The van der Waals surface area contributed by atoms with Gasteiger partial charge in [0.1, 0.15) is 11.3 Å². The molecule has 0 amide bonds. The van der Waals surface area contributed by atoms with Crippen LogP contribution in [0, 0.1) is 0 Å². The Kier molecular flexibility index (Phi) is 2.29. The quantitative estimate of drug-likeness (QED) is 0.595. The minimum Gasteiger partial charge on any atom is -0.497 e. The van der Waals surface area contributed by atoms with Gasteiger partial charge in [0, 0.05) is 11.5 Å². The predicted molar refractivity (Wildman–Crippen MR) is 77.9 cm³/mol. The molecule has 4 heteroatoms. The van der Waals surface area contributed by atoms with E-state index in [-0.39, 0.29) is 0 Å². The maximum absolute atomic E-state index is 5.82. The third-order valence-corrected chi connectivity index (χ3v) is 3.35. The number of methoxy groups -OCH3 is 1. The number of imidazole rings is 1. The van der Waals surface area contributed by atoms with Crippen LogP contribution in [0.1, 0.15) is 0 Å². The zero-order valence-electron chi connectivity index (χ0n) is 10.9. The van der Waals surface area contributed by atoms with Gasteiger partial charge in [0.2, 0.25) is 0 Å². The Balaban J connectivity index is 1.88. The summed E-state index contributed by atoms with van der Waals surface area (Å²) >= 11 is 0. The number of furan rings is 1. The lowest BCUT2D eigenvalue weighted by Crippen LogP contribution is -1.81. The molecule has 0 aliphatic rings. The SMILES string of the molecule is COc1ccc2nc(-c3cc4ccccc4o3)[nH]c2c1. The van der Waals surface area contributed by atoms with Crippen LogP contribution in [-0.2, 0) is 0 Å². The van der Waals surface area contributed by atoms with E-state index < -0.39 is 0 Å². The van der Waals surface area contributed by atoms with Gasteiger partial charge in [-0.3, -0.25) is 0 Å². The number of nitrogens with one attached hydrogen (secondary N) is 1. The van der Waals surface area contributed by atoms with E-state index in [1.165, 1.54) is 0 Å². The van der Waals surface area contributed by atoms with Crippen molar-refractivity contribution in [3.05, 3.63) is 48.5 Å². The van der Waals surface area contributed by atoms with E-state index in [9.17, 15) is 0 Å². The second-order valence-electron chi connectivity index (χ2n) is 4.62. The van der Waals surface area contributed by atoms with Gasteiger partial charge < -0.3 is 14.1 Å². The highest BCUT2D eigenvalue weighted by molar-refractivity contribution is 5.84. The fourth-order valence-electron chi connectivity index (χ4n) is 2.33. The second kappa shape index (κ2) is 4.13. The summed E-state index contributed by atoms with van der Waals surface area (Å²) in [5.41, 5.74) is 2.68. The summed E-state index contributed by atoms with van der Waals surface area (Å²) in [4.78, 5) is 7.81. The zero-order valence-corrected chi connectivity index (χ0v) is 10.9. The Labute approximate surface area is 115 Å². The number of hydrogen-bond donors (Lipinski definition) is 1. The largest absolute Gasteiger partial charge is 0.497 e. The lowest BCUT2D eigenvalue weighted by Gasteiger charge is -1.96. The Morgan fingerprint density at radius 3 is 2.85 bits per heavy atom. The first kappa shape index (κ1) is 11.1. The molecular weight excluding hydrogens is 252 g/mol. The molecule has 4 aromatic rings. The van der Waals surface area contributed by atoms with Gasteiger partial charge in [-0.05, 0) is 24.3 Å². The highest BCUT2D eigenvalue weighted by atomic mass is 16.5. The molecular formula is C16H12N2O2. The maximum atomic E-state index is 5.82. The van der Waals surface area contributed by atoms with E-state index in [1.807, 2.05) is 48.5 Å². The number of aromatic amines is 1. The van der Waals surface area contributed by atoms with Crippen molar-refractivity contribution < 1.29 is 9.15 Å². The van der Waals surface area contributed by atoms with Crippen molar-refractivity contribution in [3.8, 4) is 17.3 Å². The second-order valence-corrected chi connectivity index (χ2v) is 4.62. The molecule has 0 aliphatic heterocycles. The topological polar surface area (TPSA) is 51.1 Å². The summed E-state index contributed by atoms with van der Waals surface area (Å²) in [6, 6.07) is 15.7. The number of nitrogens with zero attached hydrogens (tertiary/aromatic N) is 1. The van der Waals surface area contributed by atoms with Crippen molar-refractivity contribution >= 4 is 22.0 Å². The number of H-pyrrole nitrogens is 1. The van der Waals surface area contributed by atoms with Crippen molar-refractivity contribution in [1.82, 2.24) is 9.97 Å². The van der Waals surface area contributed by atoms with E-state index in [4.69, 9.17) is 9.15 Å². The van der Waals surface area contributed by atoms with Gasteiger partial charge in [-0.15, -0.1) is 0 Å². The number of fused-ring (bicyclic) bond motifs is 2. The molecule has 98 valence electrons. The molecule has 0 unspecified atom stereocenters. The van der Waals surface area contributed by atoms with Gasteiger partial charge >= 0.3 is 0 Å². The third-order valence-electron chi connectivity index (χ3n) is 3.35. The summed E-state index contributed by atoms with van der Waals surface area (Å²) in [7, 11) is 1.65. The van der Waals surface area contributed by atoms with E-state index in [0.29, 0.717) is 0 Å². The number of ether oxygens (including phenoxy) is 1. The van der Waals surface area contributed by atoms with Crippen molar-refractivity contribution in [1.29, 1.82) is 0 Å². The Morgan fingerprint density at radius 2 is 2.00 bits per heavy atom. The predicted octanol–water partition coefficient (Wildman–Crippen LogP) is 3.98. The van der Waals surface area contributed by atoms with E-state index >= 15 is 0 Å². The summed E-state index contributed by atoms with van der Waals surface area (Å²) in [5, 5.41) is 1.07. The van der Waals surface area contributed by atoms with Crippen LogP contribution in [0.5, 0.6) is 5.75 Å². The first-order valence-electron chi connectivity index (χ1n) is 6.36.